The summed E-state index contributed by atoms with van der Waals surface area (Å²) in [5.74, 6) is 0. The van der Waals surface area contributed by atoms with E-state index in [1.807, 2.05) is 17.8 Å². The summed E-state index contributed by atoms with van der Waals surface area (Å²) >= 11 is 5.15. The standard InChI is InChI=1S/C12H14BrN3S/c1-2-15-11(6-12-16-3-4-17-12)9-5-10(13)8-14-7-9/h3-5,7-8,11,15H,2,6H2,1H3. The molecule has 0 saturated heterocycles. The van der Waals surface area contributed by atoms with Gasteiger partial charge in [0.2, 0.25) is 0 Å². The molecule has 0 aliphatic rings. The van der Waals surface area contributed by atoms with Gasteiger partial charge in [0.1, 0.15) is 0 Å². The number of hydrogen-bond donors (Lipinski definition) is 1. The Labute approximate surface area is 113 Å². The van der Waals surface area contributed by atoms with Gasteiger partial charge in [-0.25, -0.2) is 4.98 Å². The highest BCUT2D eigenvalue weighted by Crippen LogP contribution is 2.21. The number of rotatable bonds is 5. The quantitative estimate of drug-likeness (QED) is 0.921. The lowest BCUT2D eigenvalue weighted by atomic mass is 10.1. The van der Waals surface area contributed by atoms with Crippen molar-refractivity contribution < 1.29 is 0 Å². The number of likely N-dealkylation sites (N-methyl/N-ethyl adjacent to an activating group) is 1. The number of hydrogen-bond acceptors (Lipinski definition) is 4. The largest absolute Gasteiger partial charge is 0.310 e. The first-order valence-electron chi connectivity index (χ1n) is 5.51. The molecule has 90 valence electrons. The second-order valence-electron chi connectivity index (χ2n) is 3.68. The number of nitrogens with zero attached hydrogens (tertiary/aromatic N) is 2. The molecule has 0 bridgehead atoms. The molecular formula is C12H14BrN3S. The van der Waals surface area contributed by atoms with E-state index in [2.05, 4.69) is 44.2 Å². The van der Waals surface area contributed by atoms with E-state index in [9.17, 15) is 0 Å². The first-order valence-corrected chi connectivity index (χ1v) is 7.19. The molecule has 5 heteroatoms. The van der Waals surface area contributed by atoms with Crippen molar-refractivity contribution in [3.63, 3.8) is 0 Å². The van der Waals surface area contributed by atoms with Gasteiger partial charge in [0.25, 0.3) is 0 Å². The summed E-state index contributed by atoms with van der Waals surface area (Å²) in [5.41, 5.74) is 1.19. The number of pyridine rings is 1. The van der Waals surface area contributed by atoms with E-state index in [4.69, 9.17) is 0 Å². The zero-order valence-corrected chi connectivity index (χ0v) is 12.0. The molecule has 3 nitrogen and oxygen atoms in total. The summed E-state index contributed by atoms with van der Waals surface area (Å²) in [7, 11) is 0. The molecule has 1 atom stereocenters. The van der Waals surface area contributed by atoms with Gasteiger partial charge in [-0.05, 0) is 34.1 Å². The third-order valence-electron chi connectivity index (χ3n) is 2.44. The molecule has 2 rings (SSSR count). The summed E-state index contributed by atoms with van der Waals surface area (Å²) in [6.07, 6.45) is 6.47. The van der Waals surface area contributed by atoms with E-state index in [0.717, 1.165) is 22.4 Å². The summed E-state index contributed by atoms with van der Waals surface area (Å²) in [6, 6.07) is 2.38. The van der Waals surface area contributed by atoms with E-state index in [1.54, 1.807) is 17.5 Å². The summed E-state index contributed by atoms with van der Waals surface area (Å²) in [6.45, 7) is 3.04. The Balaban J connectivity index is 2.16. The van der Waals surface area contributed by atoms with Crippen molar-refractivity contribution in [1.29, 1.82) is 0 Å². The third kappa shape index (κ3) is 3.59. The van der Waals surface area contributed by atoms with Crippen molar-refractivity contribution in [1.82, 2.24) is 15.3 Å². The molecule has 17 heavy (non-hydrogen) atoms. The van der Waals surface area contributed by atoms with Crippen LogP contribution in [0.5, 0.6) is 0 Å². The Morgan fingerprint density at radius 2 is 2.35 bits per heavy atom. The molecule has 0 amide bonds. The van der Waals surface area contributed by atoms with Crippen LogP contribution in [-0.2, 0) is 6.42 Å². The summed E-state index contributed by atoms with van der Waals surface area (Å²) in [5, 5.41) is 6.63. The molecule has 0 radical (unpaired) electrons. The second kappa shape index (κ2) is 6.23. The zero-order chi connectivity index (χ0) is 12.1. The first kappa shape index (κ1) is 12.7. The average molecular weight is 312 g/mol. The summed E-state index contributed by atoms with van der Waals surface area (Å²) in [4.78, 5) is 8.55. The molecule has 2 heterocycles. The maximum absolute atomic E-state index is 4.33. The molecule has 0 saturated carbocycles. The maximum atomic E-state index is 4.33. The van der Waals surface area contributed by atoms with Crippen molar-refractivity contribution >= 4 is 27.3 Å². The van der Waals surface area contributed by atoms with Crippen LogP contribution in [0.15, 0.2) is 34.5 Å². The lowest BCUT2D eigenvalue weighted by molar-refractivity contribution is 0.547. The minimum absolute atomic E-state index is 0.274. The minimum atomic E-state index is 0.274. The van der Waals surface area contributed by atoms with Gasteiger partial charge in [-0.1, -0.05) is 6.92 Å². The molecule has 2 aromatic heterocycles. The van der Waals surface area contributed by atoms with Gasteiger partial charge in [0, 0.05) is 40.9 Å². The van der Waals surface area contributed by atoms with Crippen molar-refractivity contribution in [2.75, 3.05) is 6.54 Å². The van der Waals surface area contributed by atoms with Gasteiger partial charge < -0.3 is 5.32 Å². The fourth-order valence-corrected chi connectivity index (χ4v) is 2.75. The highest BCUT2D eigenvalue weighted by atomic mass is 79.9. The predicted molar refractivity (Wildman–Crippen MR) is 74.2 cm³/mol. The van der Waals surface area contributed by atoms with Crippen LogP contribution in [0.3, 0.4) is 0 Å². The van der Waals surface area contributed by atoms with Gasteiger partial charge in [-0.15, -0.1) is 11.3 Å². The van der Waals surface area contributed by atoms with Crippen molar-refractivity contribution in [2.45, 2.75) is 19.4 Å². The van der Waals surface area contributed by atoms with Gasteiger partial charge in [0.05, 0.1) is 5.01 Å². The van der Waals surface area contributed by atoms with E-state index in [-0.39, 0.29) is 6.04 Å². The van der Waals surface area contributed by atoms with Crippen LogP contribution < -0.4 is 5.32 Å². The molecule has 2 aromatic rings. The van der Waals surface area contributed by atoms with Gasteiger partial charge >= 0.3 is 0 Å². The molecule has 0 fully saturated rings. The number of aromatic nitrogens is 2. The Bertz CT molecular complexity index is 459. The Morgan fingerprint density at radius 3 is 3.00 bits per heavy atom. The molecular weight excluding hydrogens is 298 g/mol. The first-order chi connectivity index (χ1) is 8.29. The summed E-state index contributed by atoms with van der Waals surface area (Å²) < 4.78 is 1.01. The zero-order valence-electron chi connectivity index (χ0n) is 9.56. The fraction of sp³-hybridized carbons (Fsp3) is 0.333. The van der Waals surface area contributed by atoms with Crippen LogP contribution in [0.25, 0.3) is 0 Å². The highest BCUT2D eigenvalue weighted by Gasteiger charge is 2.13. The van der Waals surface area contributed by atoms with Crippen LogP contribution in [0.1, 0.15) is 23.5 Å². The van der Waals surface area contributed by atoms with Crippen LogP contribution in [-0.4, -0.2) is 16.5 Å². The molecule has 0 aromatic carbocycles. The van der Waals surface area contributed by atoms with Crippen molar-refractivity contribution in [3.8, 4) is 0 Å². The van der Waals surface area contributed by atoms with Gasteiger partial charge in [-0.3, -0.25) is 4.98 Å². The van der Waals surface area contributed by atoms with Gasteiger partial charge in [0.15, 0.2) is 0 Å². The van der Waals surface area contributed by atoms with E-state index in [1.165, 1.54) is 5.56 Å². The molecule has 0 spiro atoms. The Kier molecular flexibility index (Phi) is 4.65. The molecule has 0 aliphatic heterocycles. The SMILES string of the molecule is CCNC(Cc1nccs1)c1cncc(Br)c1. The van der Waals surface area contributed by atoms with Crippen LogP contribution >= 0.6 is 27.3 Å². The average Bonchev–Trinajstić information content (AvgIpc) is 2.81. The van der Waals surface area contributed by atoms with E-state index in [0.29, 0.717) is 0 Å². The van der Waals surface area contributed by atoms with Crippen molar-refractivity contribution in [3.05, 3.63) is 45.1 Å². The Hall–Kier alpha value is -0.780. The minimum Gasteiger partial charge on any atom is -0.310 e. The van der Waals surface area contributed by atoms with E-state index < -0.39 is 0 Å². The number of thiazole rings is 1. The molecule has 0 aliphatic carbocycles. The molecule has 1 unspecified atom stereocenters. The van der Waals surface area contributed by atoms with E-state index >= 15 is 0 Å². The van der Waals surface area contributed by atoms with Crippen LogP contribution in [0.4, 0.5) is 0 Å². The maximum Gasteiger partial charge on any atom is 0.0943 e. The Morgan fingerprint density at radius 1 is 1.47 bits per heavy atom. The lowest BCUT2D eigenvalue weighted by Crippen LogP contribution is -2.23. The van der Waals surface area contributed by atoms with Gasteiger partial charge in [-0.2, -0.15) is 0 Å². The number of halogens is 1. The number of nitrogens with one attached hydrogen (secondary N) is 1. The smallest absolute Gasteiger partial charge is 0.0943 e. The normalized spacial score (nSPS) is 12.6. The lowest BCUT2D eigenvalue weighted by Gasteiger charge is -2.16. The van der Waals surface area contributed by atoms with Crippen LogP contribution in [0, 0.1) is 0 Å². The van der Waals surface area contributed by atoms with Crippen LogP contribution in [0.2, 0.25) is 0 Å². The fourth-order valence-electron chi connectivity index (χ4n) is 1.70. The molecule has 1 N–H and O–H groups in total. The third-order valence-corrected chi connectivity index (χ3v) is 3.68. The van der Waals surface area contributed by atoms with Crippen molar-refractivity contribution in [2.24, 2.45) is 0 Å². The highest BCUT2D eigenvalue weighted by molar-refractivity contribution is 9.10. The topological polar surface area (TPSA) is 37.8 Å². The predicted octanol–water partition coefficient (Wildman–Crippen LogP) is 3.19. The monoisotopic (exact) mass is 311 g/mol. The second-order valence-corrected chi connectivity index (χ2v) is 5.57.